The molecule has 1 saturated carbocycles. The van der Waals surface area contributed by atoms with E-state index < -0.39 is 0 Å². The Morgan fingerprint density at radius 1 is 1.41 bits per heavy atom. The summed E-state index contributed by atoms with van der Waals surface area (Å²) in [5.74, 6) is 1.11. The van der Waals surface area contributed by atoms with E-state index in [1.807, 2.05) is 0 Å². The summed E-state index contributed by atoms with van der Waals surface area (Å²) in [6, 6.07) is 2.41. The highest BCUT2D eigenvalue weighted by molar-refractivity contribution is 9.10. The lowest BCUT2D eigenvalue weighted by molar-refractivity contribution is 0.515. The van der Waals surface area contributed by atoms with Crippen LogP contribution < -0.4 is 5.73 Å². The second-order valence-electron chi connectivity index (χ2n) is 4.75. The van der Waals surface area contributed by atoms with Crippen molar-refractivity contribution in [3.8, 4) is 0 Å². The van der Waals surface area contributed by atoms with E-state index >= 15 is 0 Å². The average molecular weight is 334 g/mol. The van der Waals surface area contributed by atoms with Crippen LogP contribution in [-0.4, -0.2) is 17.0 Å². The van der Waals surface area contributed by atoms with Gasteiger partial charge in [-0.1, -0.05) is 19.3 Å². The fraction of sp³-hybridized carbons (Fsp3) is 0.692. The number of hydrogen-bond donors (Lipinski definition) is 1. The number of nitrogens with two attached hydrogens (primary N) is 1. The lowest BCUT2D eigenvalue weighted by Crippen LogP contribution is -2.27. The molecule has 1 aliphatic rings. The molecule has 4 heteroatoms. The molecule has 1 unspecified atom stereocenters. The van der Waals surface area contributed by atoms with Gasteiger partial charge in [-0.25, -0.2) is 0 Å². The van der Waals surface area contributed by atoms with E-state index in [1.165, 1.54) is 41.5 Å². The minimum atomic E-state index is 0.303. The molecule has 1 aromatic heterocycles. The zero-order chi connectivity index (χ0) is 12.1. The van der Waals surface area contributed by atoms with E-state index in [9.17, 15) is 0 Å². The lowest BCUT2D eigenvalue weighted by atomic mass is 10.0. The van der Waals surface area contributed by atoms with Gasteiger partial charge in [0.2, 0.25) is 0 Å². The van der Waals surface area contributed by atoms with Crippen LogP contribution in [0.4, 0.5) is 0 Å². The highest BCUT2D eigenvalue weighted by atomic mass is 79.9. The van der Waals surface area contributed by atoms with E-state index in [0.717, 1.165) is 17.4 Å². The summed E-state index contributed by atoms with van der Waals surface area (Å²) in [5, 5.41) is 3.00. The van der Waals surface area contributed by atoms with Crippen LogP contribution in [-0.2, 0) is 6.42 Å². The molecule has 17 heavy (non-hydrogen) atoms. The highest BCUT2D eigenvalue weighted by Crippen LogP contribution is 2.29. The molecule has 1 heterocycles. The van der Waals surface area contributed by atoms with E-state index in [4.69, 9.17) is 5.73 Å². The van der Waals surface area contributed by atoms with Crippen LogP contribution in [0.15, 0.2) is 15.9 Å². The van der Waals surface area contributed by atoms with Crippen molar-refractivity contribution in [3.05, 3.63) is 20.8 Å². The van der Waals surface area contributed by atoms with Crippen LogP contribution in [0.5, 0.6) is 0 Å². The SMILES string of the molecule is NC(CSC1CCCCC1)Cc1sccc1Br. The van der Waals surface area contributed by atoms with Gasteiger partial charge in [-0.15, -0.1) is 11.3 Å². The normalized spacial score (nSPS) is 19.4. The fourth-order valence-corrected chi connectivity index (χ4v) is 5.17. The van der Waals surface area contributed by atoms with E-state index in [-0.39, 0.29) is 0 Å². The van der Waals surface area contributed by atoms with Crippen LogP contribution in [0.3, 0.4) is 0 Å². The van der Waals surface area contributed by atoms with Gasteiger partial charge in [0.15, 0.2) is 0 Å². The standard InChI is InChI=1S/C13H20BrNS2/c14-12-6-7-16-13(12)8-10(15)9-17-11-4-2-1-3-5-11/h6-7,10-11H,1-5,8-9,15H2. The zero-order valence-electron chi connectivity index (χ0n) is 10.0. The van der Waals surface area contributed by atoms with Crippen molar-refractivity contribution in [2.45, 2.75) is 49.8 Å². The number of rotatable bonds is 5. The molecule has 2 N–H and O–H groups in total. The Morgan fingerprint density at radius 3 is 2.82 bits per heavy atom. The van der Waals surface area contributed by atoms with E-state index in [2.05, 4.69) is 39.1 Å². The van der Waals surface area contributed by atoms with Crippen molar-refractivity contribution >= 4 is 39.0 Å². The molecule has 1 aliphatic carbocycles. The number of thioether (sulfide) groups is 1. The van der Waals surface area contributed by atoms with Gasteiger partial charge in [0.1, 0.15) is 0 Å². The largest absolute Gasteiger partial charge is 0.327 e. The Balaban J connectivity index is 1.70. The summed E-state index contributed by atoms with van der Waals surface area (Å²) in [6.07, 6.45) is 8.09. The minimum Gasteiger partial charge on any atom is -0.327 e. The third kappa shape index (κ3) is 4.58. The monoisotopic (exact) mass is 333 g/mol. The summed E-state index contributed by atoms with van der Waals surface area (Å²) in [7, 11) is 0. The second kappa shape index (κ2) is 7.17. The molecule has 1 aromatic rings. The molecule has 96 valence electrons. The first-order valence-corrected chi connectivity index (χ1v) is 9.07. The smallest absolute Gasteiger partial charge is 0.0314 e. The summed E-state index contributed by atoms with van der Waals surface area (Å²) in [4.78, 5) is 1.39. The third-order valence-corrected chi connectivity index (χ3v) is 6.75. The predicted octanol–water partition coefficient (Wildman–Crippen LogP) is 4.45. The van der Waals surface area contributed by atoms with Gasteiger partial charge in [-0.3, -0.25) is 0 Å². The first-order valence-electron chi connectivity index (χ1n) is 6.35. The molecule has 1 nitrogen and oxygen atoms in total. The maximum Gasteiger partial charge on any atom is 0.0314 e. The number of hydrogen-bond acceptors (Lipinski definition) is 3. The van der Waals surface area contributed by atoms with Gasteiger partial charge >= 0.3 is 0 Å². The molecule has 0 bridgehead atoms. The van der Waals surface area contributed by atoms with E-state index in [1.54, 1.807) is 11.3 Å². The van der Waals surface area contributed by atoms with Crippen molar-refractivity contribution in [1.29, 1.82) is 0 Å². The van der Waals surface area contributed by atoms with Crippen molar-refractivity contribution < 1.29 is 0 Å². The Kier molecular flexibility index (Phi) is 5.87. The van der Waals surface area contributed by atoms with Crippen molar-refractivity contribution in [2.24, 2.45) is 5.73 Å². The van der Waals surface area contributed by atoms with Crippen molar-refractivity contribution in [2.75, 3.05) is 5.75 Å². The Morgan fingerprint density at radius 2 is 2.18 bits per heavy atom. The molecule has 0 spiro atoms. The molecule has 0 aliphatic heterocycles. The first-order chi connectivity index (χ1) is 8.25. The predicted molar refractivity (Wildman–Crippen MR) is 83.0 cm³/mol. The minimum absolute atomic E-state index is 0.303. The van der Waals surface area contributed by atoms with E-state index in [0.29, 0.717) is 6.04 Å². The highest BCUT2D eigenvalue weighted by Gasteiger charge is 2.16. The van der Waals surface area contributed by atoms with Crippen molar-refractivity contribution in [1.82, 2.24) is 0 Å². The van der Waals surface area contributed by atoms with Crippen LogP contribution in [0.2, 0.25) is 0 Å². The lowest BCUT2D eigenvalue weighted by Gasteiger charge is -2.22. The Labute approximate surface area is 121 Å². The van der Waals surface area contributed by atoms with Gasteiger partial charge < -0.3 is 5.73 Å². The van der Waals surface area contributed by atoms with Crippen LogP contribution in [0.1, 0.15) is 37.0 Å². The average Bonchev–Trinajstić information content (AvgIpc) is 2.74. The molecular formula is C13H20BrNS2. The zero-order valence-corrected chi connectivity index (χ0v) is 13.2. The van der Waals surface area contributed by atoms with Gasteiger partial charge in [0.25, 0.3) is 0 Å². The molecular weight excluding hydrogens is 314 g/mol. The Bertz CT molecular complexity index is 334. The summed E-state index contributed by atoms with van der Waals surface area (Å²) >= 11 is 7.47. The summed E-state index contributed by atoms with van der Waals surface area (Å²) < 4.78 is 1.22. The molecule has 1 atom stereocenters. The second-order valence-corrected chi connectivity index (χ2v) is 7.94. The molecule has 0 amide bonds. The molecule has 0 saturated heterocycles. The quantitative estimate of drug-likeness (QED) is 0.861. The summed E-state index contributed by atoms with van der Waals surface area (Å²) in [5.41, 5.74) is 6.22. The van der Waals surface area contributed by atoms with Crippen LogP contribution in [0.25, 0.3) is 0 Å². The topological polar surface area (TPSA) is 26.0 Å². The molecule has 1 fully saturated rings. The number of halogens is 1. The van der Waals surface area contributed by atoms with Gasteiger partial charge in [0.05, 0.1) is 0 Å². The Hall–Kier alpha value is 0.490. The number of thiophene rings is 1. The molecule has 0 aromatic carbocycles. The fourth-order valence-electron chi connectivity index (χ4n) is 2.26. The third-order valence-electron chi connectivity index (χ3n) is 3.24. The summed E-state index contributed by atoms with van der Waals surface area (Å²) in [6.45, 7) is 0. The maximum atomic E-state index is 6.22. The maximum absolute atomic E-state index is 6.22. The first kappa shape index (κ1) is 13.9. The van der Waals surface area contributed by atoms with Crippen molar-refractivity contribution in [3.63, 3.8) is 0 Å². The van der Waals surface area contributed by atoms with Crippen LogP contribution >= 0.6 is 39.0 Å². The van der Waals surface area contributed by atoms with Gasteiger partial charge in [-0.05, 0) is 46.6 Å². The molecule has 2 rings (SSSR count). The molecule has 0 radical (unpaired) electrons. The van der Waals surface area contributed by atoms with Gasteiger partial charge in [-0.2, -0.15) is 11.8 Å². The van der Waals surface area contributed by atoms with Gasteiger partial charge in [0, 0.05) is 26.4 Å². The van der Waals surface area contributed by atoms with Crippen LogP contribution in [0, 0.1) is 0 Å².